The van der Waals surface area contributed by atoms with E-state index < -0.39 is 17.2 Å². The molecular weight excluding hydrogens is 494 g/mol. The fraction of sp³-hybridized carbons (Fsp3) is 0.161. The van der Waals surface area contributed by atoms with Crippen LogP contribution in [-0.2, 0) is 24.2 Å². The van der Waals surface area contributed by atoms with Crippen LogP contribution in [0.3, 0.4) is 0 Å². The standard InChI is InChI=1S/C31H29N3O3S/c1-4-26-19-28-21(2)18-22(3)32-30(28)33(26)20-23-14-16-24(17-15-23)27-12-8-9-13-29(27)34(38(36)37)31(35)25-10-6-5-7-11-25/h5-19H,4,20H2,1-3H3,(H,36,37)/p-1. The van der Waals surface area contributed by atoms with Crippen LogP contribution in [0.1, 0.15) is 39.8 Å². The minimum absolute atomic E-state index is 0.298. The van der Waals surface area contributed by atoms with Crippen LogP contribution in [0.25, 0.3) is 22.2 Å². The summed E-state index contributed by atoms with van der Waals surface area (Å²) in [6.45, 7) is 6.96. The van der Waals surface area contributed by atoms with Crippen molar-refractivity contribution in [2.45, 2.75) is 33.7 Å². The van der Waals surface area contributed by atoms with Gasteiger partial charge in [-0.25, -0.2) is 9.29 Å². The molecule has 0 radical (unpaired) electrons. The number of anilines is 1. The number of aromatic nitrogens is 2. The highest BCUT2D eigenvalue weighted by molar-refractivity contribution is 7.81. The summed E-state index contributed by atoms with van der Waals surface area (Å²) in [7, 11) is 0. The number of fused-ring (bicyclic) bond motifs is 1. The molecule has 5 rings (SSSR count). The predicted molar refractivity (Wildman–Crippen MR) is 152 cm³/mol. The van der Waals surface area contributed by atoms with E-state index in [-0.39, 0.29) is 0 Å². The molecule has 5 aromatic rings. The average molecular weight is 523 g/mol. The molecule has 7 heteroatoms. The maximum absolute atomic E-state index is 13.1. The number of aryl methyl sites for hydroxylation is 3. The molecule has 0 saturated carbocycles. The molecule has 0 N–H and O–H groups in total. The van der Waals surface area contributed by atoms with Crippen LogP contribution < -0.4 is 4.31 Å². The minimum Gasteiger partial charge on any atom is -0.755 e. The van der Waals surface area contributed by atoms with Crippen molar-refractivity contribution in [3.63, 3.8) is 0 Å². The lowest BCUT2D eigenvalue weighted by atomic mass is 10.0. The number of pyridine rings is 1. The van der Waals surface area contributed by atoms with Gasteiger partial charge in [0.1, 0.15) is 5.65 Å². The molecule has 3 aromatic carbocycles. The first-order chi connectivity index (χ1) is 18.4. The van der Waals surface area contributed by atoms with Crippen molar-refractivity contribution in [2.75, 3.05) is 4.31 Å². The lowest BCUT2D eigenvalue weighted by molar-refractivity contribution is 0.100. The molecule has 192 valence electrons. The van der Waals surface area contributed by atoms with Crippen LogP contribution in [-0.4, -0.2) is 24.2 Å². The molecule has 0 aliphatic carbocycles. The summed E-state index contributed by atoms with van der Waals surface area (Å²) in [6.07, 6.45) is 0.901. The van der Waals surface area contributed by atoms with Crippen LogP contribution in [0.4, 0.5) is 5.69 Å². The van der Waals surface area contributed by atoms with Crippen molar-refractivity contribution < 1.29 is 13.6 Å². The maximum atomic E-state index is 13.1. The van der Waals surface area contributed by atoms with Crippen molar-refractivity contribution >= 4 is 33.9 Å². The summed E-state index contributed by atoms with van der Waals surface area (Å²) < 4.78 is 27.6. The van der Waals surface area contributed by atoms with Crippen LogP contribution >= 0.6 is 0 Å². The van der Waals surface area contributed by atoms with E-state index in [2.05, 4.69) is 30.5 Å². The number of hydrogen-bond acceptors (Lipinski definition) is 4. The Morgan fingerprint density at radius 2 is 1.63 bits per heavy atom. The number of para-hydroxylation sites is 1. The van der Waals surface area contributed by atoms with Gasteiger partial charge in [0, 0.05) is 34.4 Å². The van der Waals surface area contributed by atoms with E-state index in [0.717, 1.165) is 33.2 Å². The van der Waals surface area contributed by atoms with E-state index in [1.165, 1.54) is 16.6 Å². The van der Waals surface area contributed by atoms with Gasteiger partial charge in [-0.2, -0.15) is 0 Å². The zero-order valence-corrected chi connectivity index (χ0v) is 22.4. The van der Waals surface area contributed by atoms with E-state index in [1.54, 1.807) is 42.5 Å². The van der Waals surface area contributed by atoms with Gasteiger partial charge in [0.2, 0.25) is 0 Å². The van der Waals surface area contributed by atoms with Crippen LogP contribution in [0.2, 0.25) is 0 Å². The van der Waals surface area contributed by atoms with Gasteiger partial charge in [0.25, 0.3) is 5.91 Å². The smallest absolute Gasteiger partial charge is 0.269 e. The molecular formula is C31H28N3O3S-. The molecule has 1 unspecified atom stereocenters. The second-order valence-corrected chi connectivity index (χ2v) is 10.1. The molecule has 0 spiro atoms. The fourth-order valence-corrected chi connectivity index (χ4v) is 5.44. The highest BCUT2D eigenvalue weighted by Crippen LogP contribution is 2.33. The molecule has 0 bridgehead atoms. The topological polar surface area (TPSA) is 78.3 Å². The summed E-state index contributed by atoms with van der Waals surface area (Å²) in [5.41, 5.74) is 7.61. The Morgan fingerprint density at radius 1 is 0.947 bits per heavy atom. The normalized spacial score (nSPS) is 12.0. The van der Waals surface area contributed by atoms with Gasteiger partial charge >= 0.3 is 0 Å². The number of benzene rings is 3. The molecule has 2 aromatic heterocycles. The van der Waals surface area contributed by atoms with Crippen molar-refractivity contribution in [3.05, 3.63) is 119 Å². The molecule has 2 heterocycles. The Bertz CT molecular complexity index is 1640. The van der Waals surface area contributed by atoms with E-state index in [9.17, 15) is 13.6 Å². The molecule has 0 aliphatic rings. The number of hydrogen-bond donors (Lipinski definition) is 0. The Morgan fingerprint density at radius 3 is 2.32 bits per heavy atom. The molecule has 38 heavy (non-hydrogen) atoms. The molecule has 1 atom stereocenters. The Balaban J connectivity index is 1.49. The molecule has 6 nitrogen and oxygen atoms in total. The zero-order chi connectivity index (χ0) is 26.8. The first-order valence-corrected chi connectivity index (χ1v) is 13.5. The number of carbonyl (C=O) groups excluding carboxylic acids is 1. The average Bonchev–Trinajstić information content (AvgIpc) is 3.27. The quantitative estimate of drug-likeness (QED) is 0.233. The van der Waals surface area contributed by atoms with Crippen molar-refractivity contribution in [2.24, 2.45) is 0 Å². The third-order valence-electron chi connectivity index (χ3n) is 6.73. The molecule has 1 amide bonds. The monoisotopic (exact) mass is 522 g/mol. The van der Waals surface area contributed by atoms with Crippen LogP contribution in [0.5, 0.6) is 0 Å². The lowest BCUT2D eigenvalue weighted by Gasteiger charge is -2.26. The zero-order valence-electron chi connectivity index (χ0n) is 21.5. The second kappa shape index (κ2) is 10.7. The van der Waals surface area contributed by atoms with Crippen molar-refractivity contribution in [1.29, 1.82) is 0 Å². The first kappa shape index (κ1) is 25.6. The summed E-state index contributed by atoms with van der Waals surface area (Å²) in [4.78, 5) is 18.0. The third-order valence-corrected chi connectivity index (χ3v) is 7.39. The van der Waals surface area contributed by atoms with Crippen molar-refractivity contribution in [1.82, 2.24) is 9.55 Å². The van der Waals surface area contributed by atoms with Crippen LogP contribution in [0, 0.1) is 13.8 Å². The van der Waals surface area contributed by atoms with E-state index in [4.69, 9.17) is 4.98 Å². The van der Waals surface area contributed by atoms with Gasteiger partial charge in [-0.3, -0.25) is 9.00 Å². The van der Waals surface area contributed by atoms with Crippen LogP contribution in [0.15, 0.2) is 91.0 Å². The predicted octanol–water partition coefficient (Wildman–Crippen LogP) is 6.37. The van der Waals surface area contributed by atoms with Crippen molar-refractivity contribution in [3.8, 4) is 11.1 Å². The number of rotatable bonds is 7. The van der Waals surface area contributed by atoms with Gasteiger partial charge in [-0.05, 0) is 67.3 Å². The minimum atomic E-state index is -2.79. The highest BCUT2D eigenvalue weighted by atomic mass is 32.2. The number of carbonyl (C=O) groups is 1. The largest absolute Gasteiger partial charge is 0.755 e. The first-order valence-electron chi connectivity index (χ1n) is 12.5. The van der Waals surface area contributed by atoms with Gasteiger partial charge in [0.05, 0.1) is 17.0 Å². The van der Waals surface area contributed by atoms with Gasteiger partial charge in [-0.1, -0.05) is 67.6 Å². The van der Waals surface area contributed by atoms with Gasteiger partial charge < -0.3 is 9.12 Å². The Labute approximate surface area is 225 Å². The third kappa shape index (κ3) is 4.90. The summed E-state index contributed by atoms with van der Waals surface area (Å²) in [5, 5.41) is 1.17. The fourth-order valence-electron chi connectivity index (χ4n) is 4.88. The Hall–Kier alpha value is -4.07. The van der Waals surface area contributed by atoms with Gasteiger partial charge in [0.15, 0.2) is 0 Å². The molecule has 0 fully saturated rings. The summed E-state index contributed by atoms with van der Waals surface area (Å²) in [6, 6.07) is 27.8. The van der Waals surface area contributed by atoms with Gasteiger partial charge in [-0.15, -0.1) is 0 Å². The Kier molecular flexibility index (Phi) is 7.22. The maximum Gasteiger partial charge on any atom is 0.269 e. The van der Waals surface area contributed by atoms with E-state index in [1.807, 2.05) is 43.3 Å². The lowest BCUT2D eigenvalue weighted by Crippen LogP contribution is -2.33. The second-order valence-electron chi connectivity index (χ2n) is 9.29. The number of nitrogens with zero attached hydrogens (tertiary/aromatic N) is 3. The summed E-state index contributed by atoms with van der Waals surface area (Å²) in [5.74, 6) is -0.604. The van der Waals surface area contributed by atoms with E-state index in [0.29, 0.717) is 23.4 Å². The van der Waals surface area contributed by atoms with E-state index >= 15 is 0 Å². The molecule has 0 aliphatic heterocycles. The number of amides is 1. The molecule has 0 saturated heterocycles. The highest BCUT2D eigenvalue weighted by Gasteiger charge is 2.22. The SMILES string of the molecule is CCc1cc2c(C)cc(C)nc2n1Cc1ccc(-c2ccccc2N(C(=O)c2ccccc2)S(=O)[O-])cc1. The summed E-state index contributed by atoms with van der Waals surface area (Å²) >= 11 is -2.79.